The number of hydrogen-bond donors (Lipinski definition) is 0. The number of hydrogen-bond acceptors (Lipinski definition) is 1. The predicted octanol–water partition coefficient (Wildman–Crippen LogP) is 4.01. The van der Waals surface area contributed by atoms with Crippen LogP contribution in [0.2, 0.25) is 5.02 Å². The van der Waals surface area contributed by atoms with Gasteiger partial charge in [0.25, 0.3) is 0 Å². The molecule has 0 N–H and O–H groups in total. The van der Waals surface area contributed by atoms with E-state index in [1.807, 2.05) is 12.1 Å². The fourth-order valence-corrected chi connectivity index (χ4v) is 2.80. The Hall–Kier alpha value is -0.210. The maximum atomic E-state index is 6.12. The molecule has 1 heterocycles. The lowest BCUT2D eigenvalue weighted by molar-refractivity contribution is 0.949. The lowest BCUT2D eigenvalue weighted by atomic mass is 10.2. The second-order valence-corrected chi connectivity index (χ2v) is 4.96. The standard InChI is InChI=1S/C11H13BrClN/c1-8-10(13)5-4-9(12)11(8)14-6-2-3-7-14/h4-5H,2-3,6-7H2,1H3. The highest BCUT2D eigenvalue weighted by atomic mass is 79.9. The molecule has 3 heteroatoms. The summed E-state index contributed by atoms with van der Waals surface area (Å²) in [6, 6.07) is 3.98. The molecule has 0 spiro atoms. The number of halogens is 2. The van der Waals surface area contributed by atoms with Crippen molar-refractivity contribution >= 4 is 33.2 Å². The van der Waals surface area contributed by atoms with Crippen LogP contribution in [-0.2, 0) is 0 Å². The van der Waals surface area contributed by atoms with Crippen LogP contribution in [0.25, 0.3) is 0 Å². The van der Waals surface area contributed by atoms with E-state index < -0.39 is 0 Å². The molecule has 2 rings (SSSR count). The molecule has 76 valence electrons. The van der Waals surface area contributed by atoms with E-state index in [2.05, 4.69) is 27.8 Å². The van der Waals surface area contributed by atoms with E-state index in [-0.39, 0.29) is 0 Å². The molecule has 0 saturated carbocycles. The minimum atomic E-state index is 0.857. The van der Waals surface area contributed by atoms with Crippen molar-refractivity contribution in [2.75, 3.05) is 18.0 Å². The minimum absolute atomic E-state index is 0.857. The van der Waals surface area contributed by atoms with Gasteiger partial charge in [-0.15, -0.1) is 0 Å². The van der Waals surface area contributed by atoms with Crippen molar-refractivity contribution < 1.29 is 0 Å². The Morgan fingerprint density at radius 1 is 1.29 bits per heavy atom. The van der Waals surface area contributed by atoms with Crippen LogP contribution in [0.5, 0.6) is 0 Å². The van der Waals surface area contributed by atoms with Crippen molar-refractivity contribution in [1.29, 1.82) is 0 Å². The summed E-state index contributed by atoms with van der Waals surface area (Å²) in [7, 11) is 0. The Bertz CT molecular complexity index is 345. The van der Waals surface area contributed by atoms with Crippen LogP contribution in [0.3, 0.4) is 0 Å². The highest BCUT2D eigenvalue weighted by molar-refractivity contribution is 9.10. The van der Waals surface area contributed by atoms with E-state index in [1.165, 1.54) is 24.1 Å². The lowest BCUT2D eigenvalue weighted by Gasteiger charge is -2.22. The molecule has 0 unspecified atom stereocenters. The zero-order chi connectivity index (χ0) is 10.1. The van der Waals surface area contributed by atoms with Gasteiger partial charge in [-0.05, 0) is 53.4 Å². The smallest absolute Gasteiger partial charge is 0.0555 e. The van der Waals surface area contributed by atoms with Gasteiger partial charge in [0, 0.05) is 22.6 Å². The van der Waals surface area contributed by atoms with E-state index in [9.17, 15) is 0 Å². The molecule has 1 aromatic carbocycles. The van der Waals surface area contributed by atoms with Crippen molar-refractivity contribution in [2.24, 2.45) is 0 Å². The quantitative estimate of drug-likeness (QED) is 0.748. The average molecular weight is 275 g/mol. The molecule has 1 fully saturated rings. The monoisotopic (exact) mass is 273 g/mol. The molecule has 1 nitrogen and oxygen atoms in total. The highest BCUT2D eigenvalue weighted by Gasteiger charge is 2.17. The topological polar surface area (TPSA) is 3.24 Å². The van der Waals surface area contributed by atoms with Gasteiger partial charge in [0.1, 0.15) is 0 Å². The second kappa shape index (κ2) is 4.11. The molecular weight excluding hydrogens is 261 g/mol. The van der Waals surface area contributed by atoms with Crippen LogP contribution in [0.15, 0.2) is 16.6 Å². The zero-order valence-electron chi connectivity index (χ0n) is 8.19. The first kappa shape index (κ1) is 10.3. The second-order valence-electron chi connectivity index (χ2n) is 3.70. The Labute approximate surface area is 98.2 Å². The summed E-state index contributed by atoms with van der Waals surface area (Å²) in [4.78, 5) is 2.41. The molecule has 14 heavy (non-hydrogen) atoms. The number of benzene rings is 1. The maximum absolute atomic E-state index is 6.12. The van der Waals surface area contributed by atoms with Gasteiger partial charge in [-0.2, -0.15) is 0 Å². The lowest BCUT2D eigenvalue weighted by Crippen LogP contribution is -2.19. The normalized spacial score (nSPS) is 16.4. The van der Waals surface area contributed by atoms with Crippen molar-refractivity contribution in [3.8, 4) is 0 Å². The van der Waals surface area contributed by atoms with Crippen LogP contribution in [0.4, 0.5) is 5.69 Å². The number of anilines is 1. The fourth-order valence-electron chi connectivity index (χ4n) is 1.97. The predicted molar refractivity (Wildman–Crippen MR) is 65.3 cm³/mol. The molecule has 1 aliphatic rings. The summed E-state index contributed by atoms with van der Waals surface area (Å²) >= 11 is 9.71. The molecule has 1 aromatic rings. The summed E-state index contributed by atoms with van der Waals surface area (Å²) < 4.78 is 1.15. The van der Waals surface area contributed by atoms with Gasteiger partial charge in [-0.3, -0.25) is 0 Å². The molecule has 0 bridgehead atoms. The van der Waals surface area contributed by atoms with Crippen LogP contribution in [-0.4, -0.2) is 13.1 Å². The Morgan fingerprint density at radius 3 is 2.57 bits per heavy atom. The molecular formula is C11H13BrClN. The van der Waals surface area contributed by atoms with Crippen molar-refractivity contribution in [1.82, 2.24) is 0 Å². The molecule has 1 saturated heterocycles. The SMILES string of the molecule is Cc1c(Cl)ccc(Br)c1N1CCCC1. The third-order valence-electron chi connectivity index (χ3n) is 2.74. The van der Waals surface area contributed by atoms with Gasteiger partial charge >= 0.3 is 0 Å². The first-order valence-electron chi connectivity index (χ1n) is 4.89. The average Bonchev–Trinajstić information content (AvgIpc) is 2.65. The summed E-state index contributed by atoms with van der Waals surface area (Å²) in [6.07, 6.45) is 2.58. The minimum Gasteiger partial charge on any atom is -0.370 e. The highest BCUT2D eigenvalue weighted by Crippen LogP contribution is 2.35. The van der Waals surface area contributed by atoms with Crippen LogP contribution >= 0.6 is 27.5 Å². The van der Waals surface area contributed by atoms with Crippen molar-refractivity contribution in [3.63, 3.8) is 0 Å². The molecule has 0 amide bonds. The number of rotatable bonds is 1. The van der Waals surface area contributed by atoms with E-state index >= 15 is 0 Å². The Kier molecular flexibility index (Phi) is 3.03. The largest absolute Gasteiger partial charge is 0.370 e. The maximum Gasteiger partial charge on any atom is 0.0555 e. The van der Waals surface area contributed by atoms with E-state index in [0.717, 1.165) is 22.6 Å². The van der Waals surface area contributed by atoms with Gasteiger partial charge in [0.2, 0.25) is 0 Å². The van der Waals surface area contributed by atoms with Crippen molar-refractivity contribution in [3.05, 3.63) is 27.2 Å². The third-order valence-corrected chi connectivity index (χ3v) is 3.79. The Morgan fingerprint density at radius 2 is 1.93 bits per heavy atom. The first-order chi connectivity index (χ1) is 6.70. The van der Waals surface area contributed by atoms with Gasteiger partial charge < -0.3 is 4.90 Å². The first-order valence-corrected chi connectivity index (χ1v) is 6.07. The van der Waals surface area contributed by atoms with Gasteiger partial charge in [0.05, 0.1) is 5.69 Å². The summed E-state index contributed by atoms with van der Waals surface area (Å²) in [5.41, 5.74) is 2.46. The van der Waals surface area contributed by atoms with Gasteiger partial charge in [-0.1, -0.05) is 11.6 Å². The molecule has 0 aliphatic carbocycles. The molecule has 0 aromatic heterocycles. The van der Waals surface area contributed by atoms with Crippen LogP contribution < -0.4 is 4.90 Å². The Balaban J connectivity index is 2.44. The summed E-state index contributed by atoms with van der Waals surface area (Å²) in [5.74, 6) is 0. The van der Waals surface area contributed by atoms with E-state index in [4.69, 9.17) is 11.6 Å². The molecule has 1 aliphatic heterocycles. The summed E-state index contributed by atoms with van der Waals surface area (Å²) in [6.45, 7) is 4.39. The molecule has 0 atom stereocenters. The summed E-state index contributed by atoms with van der Waals surface area (Å²) in [5, 5.41) is 0.857. The van der Waals surface area contributed by atoms with E-state index in [0.29, 0.717) is 0 Å². The van der Waals surface area contributed by atoms with Crippen LogP contribution in [0.1, 0.15) is 18.4 Å². The third kappa shape index (κ3) is 1.78. The zero-order valence-corrected chi connectivity index (χ0v) is 10.5. The number of nitrogens with zero attached hydrogens (tertiary/aromatic N) is 1. The fraction of sp³-hybridized carbons (Fsp3) is 0.455. The van der Waals surface area contributed by atoms with Crippen molar-refractivity contribution in [2.45, 2.75) is 19.8 Å². The molecule has 0 radical (unpaired) electrons. The van der Waals surface area contributed by atoms with E-state index in [1.54, 1.807) is 0 Å². The van der Waals surface area contributed by atoms with Gasteiger partial charge in [-0.25, -0.2) is 0 Å². The van der Waals surface area contributed by atoms with Gasteiger partial charge in [0.15, 0.2) is 0 Å². The van der Waals surface area contributed by atoms with Crippen LogP contribution in [0, 0.1) is 6.92 Å².